The standard InChI is InChI=1S/C13H10N2O2S/c16-8-3-5-10-4-1-2-6-11(10)12(17)15-13-14-7-9-18-13/h1-2,4,6-7,9,16H,8H2,(H,14,15,17). The number of thiazole rings is 1. The van der Waals surface area contributed by atoms with Crippen LogP contribution in [0.2, 0.25) is 0 Å². The van der Waals surface area contributed by atoms with Crippen molar-refractivity contribution < 1.29 is 9.90 Å². The number of carbonyl (C=O) groups is 1. The van der Waals surface area contributed by atoms with E-state index in [1.54, 1.807) is 35.8 Å². The minimum atomic E-state index is -0.257. The lowest BCUT2D eigenvalue weighted by Gasteiger charge is -2.03. The van der Waals surface area contributed by atoms with Crippen LogP contribution in [0.5, 0.6) is 0 Å². The summed E-state index contributed by atoms with van der Waals surface area (Å²) in [5.41, 5.74) is 1.05. The number of nitrogens with one attached hydrogen (secondary N) is 1. The zero-order valence-corrected chi connectivity index (χ0v) is 10.2. The lowest BCUT2D eigenvalue weighted by molar-refractivity contribution is 0.102. The molecule has 0 saturated carbocycles. The predicted octanol–water partition coefficient (Wildman–Crippen LogP) is 1.74. The van der Waals surface area contributed by atoms with Gasteiger partial charge in [-0.1, -0.05) is 24.0 Å². The first-order valence-corrected chi connectivity index (χ1v) is 6.09. The van der Waals surface area contributed by atoms with Crippen molar-refractivity contribution in [3.05, 3.63) is 47.0 Å². The number of rotatable bonds is 2. The molecule has 5 heteroatoms. The molecular weight excluding hydrogens is 248 g/mol. The number of benzene rings is 1. The average molecular weight is 258 g/mol. The van der Waals surface area contributed by atoms with Gasteiger partial charge in [0.15, 0.2) is 5.13 Å². The summed E-state index contributed by atoms with van der Waals surface area (Å²) in [6.45, 7) is -0.234. The first-order chi connectivity index (χ1) is 8.81. The maximum absolute atomic E-state index is 12.0. The lowest BCUT2D eigenvalue weighted by Crippen LogP contribution is -2.13. The Morgan fingerprint density at radius 1 is 1.44 bits per heavy atom. The Morgan fingerprint density at radius 2 is 2.28 bits per heavy atom. The van der Waals surface area contributed by atoms with E-state index in [9.17, 15) is 4.79 Å². The molecule has 0 atom stereocenters. The summed E-state index contributed by atoms with van der Waals surface area (Å²) in [6.07, 6.45) is 1.62. The SMILES string of the molecule is O=C(Nc1nccs1)c1ccccc1C#CCO. The molecule has 1 amide bonds. The molecule has 0 bridgehead atoms. The molecule has 0 aliphatic carbocycles. The molecule has 0 fully saturated rings. The van der Waals surface area contributed by atoms with Crippen LogP contribution in [0.4, 0.5) is 5.13 Å². The highest BCUT2D eigenvalue weighted by Gasteiger charge is 2.10. The van der Waals surface area contributed by atoms with E-state index in [4.69, 9.17) is 5.11 Å². The molecule has 4 nitrogen and oxygen atoms in total. The summed E-state index contributed by atoms with van der Waals surface area (Å²) >= 11 is 1.35. The molecule has 18 heavy (non-hydrogen) atoms. The molecule has 2 aromatic rings. The van der Waals surface area contributed by atoms with Crippen molar-refractivity contribution >= 4 is 22.4 Å². The predicted molar refractivity (Wildman–Crippen MR) is 70.5 cm³/mol. The largest absolute Gasteiger partial charge is 0.384 e. The summed E-state index contributed by atoms with van der Waals surface area (Å²) in [5.74, 6) is 5.02. The Morgan fingerprint density at radius 3 is 3.00 bits per heavy atom. The third-order valence-electron chi connectivity index (χ3n) is 2.13. The molecule has 1 aromatic heterocycles. The molecule has 0 spiro atoms. The van der Waals surface area contributed by atoms with E-state index in [2.05, 4.69) is 22.1 Å². The molecule has 1 heterocycles. The maximum Gasteiger partial charge on any atom is 0.258 e. The van der Waals surface area contributed by atoms with E-state index in [1.807, 2.05) is 0 Å². The number of aliphatic hydroxyl groups excluding tert-OH is 1. The Bertz CT molecular complexity index is 597. The van der Waals surface area contributed by atoms with Crippen molar-refractivity contribution in [2.24, 2.45) is 0 Å². The van der Waals surface area contributed by atoms with Crippen LogP contribution in [0, 0.1) is 11.8 Å². The fourth-order valence-corrected chi connectivity index (χ4v) is 1.90. The molecule has 0 aliphatic rings. The summed E-state index contributed by atoms with van der Waals surface area (Å²) in [5, 5.41) is 13.7. The van der Waals surface area contributed by atoms with Gasteiger partial charge in [-0.2, -0.15) is 0 Å². The number of aromatic nitrogens is 1. The van der Waals surface area contributed by atoms with Gasteiger partial charge in [0.05, 0.1) is 5.56 Å². The van der Waals surface area contributed by atoms with Gasteiger partial charge in [-0.05, 0) is 12.1 Å². The van der Waals surface area contributed by atoms with Crippen molar-refractivity contribution in [2.75, 3.05) is 11.9 Å². The minimum Gasteiger partial charge on any atom is -0.384 e. The normalized spacial score (nSPS) is 9.39. The second kappa shape index (κ2) is 5.96. The van der Waals surface area contributed by atoms with Gasteiger partial charge in [-0.25, -0.2) is 4.98 Å². The summed E-state index contributed by atoms with van der Waals surface area (Å²) < 4.78 is 0. The smallest absolute Gasteiger partial charge is 0.258 e. The van der Waals surface area contributed by atoms with Crippen LogP contribution in [0.1, 0.15) is 15.9 Å². The first kappa shape index (κ1) is 12.3. The highest BCUT2D eigenvalue weighted by atomic mass is 32.1. The van der Waals surface area contributed by atoms with Gasteiger partial charge in [0.25, 0.3) is 5.91 Å². The van der Waals surface area contributed by atoms with E-state index in [-0.39, 0.29) is 12.5 Å². The monoisotopic (exact) mass is 258 g/mol. The van der Waals surface area contributed by atoms with Crippen LogP contribution in [-0.2, 0) is 0 Å². The van der Waals surface area contributed by atoms with E-state index in [0.29, 0.717) is 16.3 Å². The first-order valence-electron chi connectivity index (χ1n) is 5.21. The molecule has 0 saturated heterocycles. The van der Waals surface area contributed by atoms with Crippen molar-refractivity contribution in [1.29, 1.82) is 0 Å². The van der Waals surface area contributed by atoms with E-state index < -0.39 is 0 Å². The summed E-state index contributed by atoms with van der Waals surface area (Å²) in [4.78, 5) is 16.0. The number of nitrogens with zero attached hydrogens (tertiary/aromatic N) is 1. The molecule has 90 valence electrons. The van der Waals surface area contributed by atoms with Crippen molar-refractivity contribution in [1.82, 2.24) is 4.98 Å². The van der Waals surface area contributed by atoms with Crippen LogP contribution >= 0.6 is 11.3 Å². The third kappa shape index (κ3) is 2.94. The van der Waals surface area contributed by atoms with Crippen LogP contribution in [0.3, 0.4) is 0 Å². The summed E-state index contributed by atoms with van der Waals surface area (Å²) in [7, 11) is 0. The topological polar surface area (TPSA) is 62.2 Å². The minimum absolute atomic E-state index is 0.234. The van der Waals surface area contributed by atoms with Gasteiger partial charge in [-0.15, -0.1) is 11.3 Å². The van der Waals surface area contributed by atoms with E-state index in [1.165, 1.54) is 11.3 Å². The Kier molecular flexibility index (Phi) is 4.07. The zero-order chi connectivity index (χ0) is 12.8. The van der Waals surface area contributed by atoms with Gasteiger partial charge in [0.1, 0.15) is 6.61 Å². The number of hydrogen-bond donors (Lipinski definition) is 2. The Labute approximate surface area is 108 Å². The summed E-state index contributed by atoms with van der Waals surface area (Å²) in [6, 6.07) is 6.98. The molecule has 2 N–H and O–H groups in total. The fraction of sp³-hybridized carbons (Fsp3) is 0.0769. The Hall–Kier alpha value is -2.16. The van der Waals surface area contributed by atoms with Crippen LogP contribution < -0.4 is 5.32 Å². The molecule has 0 radical (unpaired) electrons. The molecule has 0 unspecified atom stereocenters. The van der Waals surface area contributed by atoms with E-state index in [0.717, 1.165) is 0 Å². The van der Waals surface area contributed by atoms with Crippen molar-refractivity contribution in [3.63, 3.8) is 0 Å². The zero-order valence-electron chi connectivity index (χ0n) is 9.38. The molecule has 1 aromatic carbocycles. The molecular formula is C13H10N2O2S. The number of aliphatic hydroxyl groups is 1. The van der Waals surface area contributed by atoms with Crippen LogP contribution in [0.25, 0.3) is 0 Å². The highest BCUT2D eigenvalue weighted by molar-refractivity contribution is 7.13. The van der Waals surface area contributed by atoms with E-state index >= 15 is 0 Å². The van der Waals surface area contributed by atoms with Gasteiger partial charge in [0.2, 0.25) is 0 Å². The molecule has 2 rings (SSSR count). The lowest BCUT2D eigenvalue weighted by atomic mass is 10.1. The number of carbonyl (C=O) groups excluding carboxylic acids is 1. The second-order valence-corrected chi connectivity index (χ2v) is 4.19. The van der Waals surface area contributed by atoms with Crippen LogP contribution in [-0.4, -0.2) is 22.6 Å². The van der Waals surface area contributed by atoms with Crippen molar-refractivity contribution in [3.8, 4) is 11.8 Å². The Balaban J connectivity index is 2.24. The third-order valence-corrected chi connectivity index (χ3v) is 2.82. The van der Waals surface area contributed by atoms with Crippen LogP contribution in [0.15, 0.2) is 35.8 Å². The number of amides is 1. The number of anilines is 1. The fourth-order valence-electron chi connectivity index (χ4n) is 1.37. The second-order valence-electron chi connectivity index (χ2n) is 3.30. The molecule has 0 aliphatic heterocycles. The van der Waals surface area contributed by atoms with Gasteiger partial charge in [0, 0.05) is 17.1 Å². The van der Waals surface area contributed by atoms with Gasteiger partial charge >= 0.3 is 0 Å². The number of hydrogen-bond acceptors (Lipinski definition) is 4. The average Bonchev–Trinajstić information content (AvgIpc) is 2.89. The maximum atomic E-state index is 12.0. The quantitative estimate of drug-likeness (QED) is 0.806. The highest BCUT2D eigenvalue weighted by Crippen LogP contribution is 2.14. The van der Waals surface area contributed by atoms with Crippen molar-refractivity contribution in [2.45, 2.75) is 0 Å². The van der Waals surface area contributed by atoms with Gasteiger partial charge < -0.3 is 5.11 Å². The van der Waals surface area contributed by atoms with Gasteiger partial charge in [-0.3, -0.25) is 10.1 Å².